The molecule has 0 heterocycles. The van der Waals surface area contributed by atoms with E-state index in [4.69, 9.17) is 5.73 Å². The third kappa shape index (κ3) is 2.07. The van der Waals surface area contributed by atoms with Crippen LogP contribution in [0.15, 0.2) is 0 Å². The fraction of sp³-hybridized carbons (Fsp3) is 1.00. The van der Waals surface area contributed by atoms with Crippen LogP contribution in [0.2, 0.25) is 0 Å². The summed E-state index contributed by atoms with van der Waals surface area (Å²) in [4.78, 5) is 0. The summed E-state index contributed by atoms with van der Waals surface area (Å²) in [5, 5.41) is 21.6. The minimum absolute atomic E-state index is 0.101. The molecular formula is C21H37NO2. The molecule has 4 fully saturated rings. The van der Waals surface area contributed by atoms with Crippen LogP contribution in [0.1, 0.15) is 78.6 Å². The monoisotopic (exact) mass is 335 g/mol. The van der Waals surface area contributed by atoms with Crippen molar-refractivity contribution in [3.63, 3.8) is 0 Å². The number of aliphatic hydroxyl groups excluding tert-OH is 1. The van der Waals surface area contributed by atoms with Crippen LogP contribution < -0.4 is 5.73 Å². The molecule has 138 valence electrons. The highest BCUT2D eigenvalue weighted by Gasteiger charge is 2.65. The first-order chi connectivity index (χ1) is 11.2. The summed E-state index contributed by atoms with van der Waals surface area (Å²) >= 11 is 0. The van der Waals surface area contributed by atoms with E-state index in [1.165, 1.54) is 38.5 Å². The lowest BCUT2D eigenvalue weighted by molar-refractivity contribution is -0.183. The molecule has 0 spiro atoms. The van der Waals surface area contributed by atoms with Crippen molar-refractivity contribution in [1.29, 1.82) is 0 Å². The predicted molar refractivity (Wildman–Crippen MR) is 96.3 cm³/mol. The highest BCUT2D eigenvalue weighted by Crippen LogP contribution is 2.68. The van der Waals surface area contributed by atoms with Crippen LogP contribution in [0.3, 0.4) is 0 Å². The van der Waals surface area contributed by atoms with Crippen molar-refractivity contribution in [3.8, 4) is 0 Å². The van der Waals surface area contributed by atoms with Crippen molar-refractivity contribution in [2.45, 2.75) is 96.3 Å². The zero-order chi connectivity index (χ0) is 17.3. The summed E-state index contributed by atoms with van der Waals surface area (Å²) in [6.07, 6.45) is 9.91. The maximum atomic E-state index is 11.3. The van der Waals surface area contributed by atoms with Gasteiger partial charge in [0.1, 0.15) is 0 Å². The molecule has 0 saturated heterocycles. The Bertz CT molecular complexity index is 508. The summed E-state index contributed by atoms with van der Waals surface area (Å²) in [5.74, 6) is 2.94. The molecule has 0 aromatic carbocycles. The zero-order valence-corrected chi connectivity index (χ0v) is 15.8. The van der Waals surface area contributed by atoms with Crippen LogP contribution >= 0.6 is 0 Å². The Balaban J connectivity index is 1.63. The predicted octanol–water partition coefficient (Wildman–Crippen LogP) is 3.47. The molecule has 0 aliphatic heterocycles. The van der Waals surface area contributed by atoms with Gasteiger partial charge in [-0.15, -0.1) is 0 Å². The van der Waals surface area contributed by atoms with Gasteiger partial charge >= 0.3 is 0 Å². The van der Waals surface area contributed by atoms with Gasteiger partial charge in [-0.25, -0.2) is 0 Å². The summed E-state index contributed by atoms with van der Waals surface area (Å²) in [7, 11) is 0. The lowest BCUT2D eigenvalue weighted by Gasteiger charge is -2.62. The van der Waals surface area contributed by atoms with Crippen molar-refractivity contribution in [1.82, 2.24) is 0 Å². The highest BCUT2D eigenvalue weighted by molar-refractivity contribution is 5.15. The third-order valence-corrected chi connectivity index (χ3v) is 9.61. The van der Waals surface area contributed by atoms with E-state index in [0.29, 0.717) is 17.4 Å². The Kier molecular flexibility index (Phi) is 3.92. The van der Waals surface area contributed by atoms with E-state index >= 15 is 0 Å². The van der Waals surface area contributed by atoms with Gasteiger partial charge in [0, 0.05) is 11.5 Å². The second-order valence-electron chi connectivity index (χ2n) is 10.3. The first kappa shape index (κ1) is 17.3. The standard InChI is InChI=1S/C21H37NO2/c1-13(23)21(24)11-8-18-16-5-4-14-12-15(22)6-9-19(14,2)17(16)7-10-20(18,21)3/h13-18,23-24H,4-12,22H2,1-3H3/t13-,14+,15?,16-,17+,18+,19+,20+,21+/m1/s1. The highest BCUT2D eigenvalue weighted by atomic mass is 16.3. The molecule has 0 aromatic heterocycles. The van der Waals surface area contributed by atoms with E-state index in [1.807, 2.05) is 0 Å². The Morgan fingerprint density at radius 1 is 0.958 bits per heavy atom. The minimum atomic E-state index is -0.880. The van der Waals surface area contributed by atoms with Gasteiger partial charge in [0.15, 0.2) is 0 Å². The second kappa shape index (κ2) is 5.44. The smallest absolute Gasteiger partial charge is 0.0958 e. The number of hydrogen-bond donors (Lipinski definition) is 3. The number of rotatable bonds is 1. The first-order valence-electron chi connectivity index (χ1n) is 10.4. The first-order valence-corrected chi connectivity index (χ1v) is 10.4. The summed E-state index contributed by atoms with van der Waals surface area (Å²) in [6, 6.07) is 0.417. The van der Waals surface area contributed by atoms with Crippen LogP contribution in [0.5, 0.6) is 0 Å². The SMILES string of the molecule is C[C@@H](O)[C@@]1(O)CC[C@H]2[C@@H]3CC[C@H]4CC(N)CC[C@]4(C)[C@H]3CC[C@@]21C. The largest absolute Gasteiger partial charge is 0.390 e. The maximum absolute atomic E-state index is 11.3. The van der Waals surface area contributed by atoms with E-state index in [1.54, 1.807) is 6.92 Å². The average molecular weight is 336 g/mol. The van der Waals surface area contributed by atoms with Crippen molar-refractivity contribution in [2.75, 3.05) is 0 Å². The van der Waals surface area contributed by atoms with Gasteiger partial charge in [0.05, 0.1) is 11.7 Å². The van der Waals surface area contributed by atoms with Crippen LogP contribution in [0, 0.1) is 34.5 Å². The maximum Gasteiger partial charge on any atom is 0.0958 e. The number of hydrogen-bond acceptors (Lipinski definition) is 3. The molecule has 3 nitrogen and oxygen atoms in total. The molecule has 4 aliphatic rings. The molecule has 4 N–H and O–H groups in total. The molecule has 4 rings (SSSR count). The van der Waals surface area contributed by atoms with Gasteiger partial charge in [-0.1, -0.05) is 13.8 Å². The Morgan fingerprint density at radius 3 is 2.38 bits per heavy atom. The van der Waals surface area contributed by atoms with Crippen LogP contribution in [-0.4, -0.2) is 28.0 Å². The third-order valence-electron chi connectivity index (χ3n) is 9.61. The van der Waals surface area contributed by atoms with Gasteiger partial charge in [0.25, 0.3) is 0 Å². The molecule has 4 saturated carbocycles. The van der Waals surface area contributed by atoms with Gasteiger partial charge in [-0.05, 0) is 93.8 Å². The number of fused-ring (bicyclic) bond motifs is 5. The second-order valence-corrected chi connectivity index (χ2v) is 10.3. The molecule has 1 unspecified atom stereocenters. The lowest BCUT2D eigenvalue weighted by atomic mass is 9.44. The molecule has 0 amide bonds. The average Bonchev–Trinajstić information content (AvgIpc) is 2.81. The number of nitrogens with two attached hydrogens (primary N) is 1. The fourth-order valence-electron chi connectivity index (χ4n) is 8.03. The molecule has 0 bridgehead atoms. The quantitative estimate of drug-likeness (QED) is 0.687. The Morgan fingerprint density at radius 2 is 1.67 bits per heavy atom. The molecule has 9 atom stereocenters. The Hall–Kier alpha value is -0.120. The molecule has 0 radical (unpaired) electrons. The van der Waals surface area contributed by atoms with Gasteiger partial charge in [0.2, 0.25) is 0 Å². The normalized spacial score (nSPS) is 58.5. The fourth-order valence-corrected chi connectivity index (χ4v) is 8.03. The van der Waals surface area contributed by atoms with E-state index in [0.717, 1.165) is 37.0 Å². The van der Waals surface area contributed by atoms with Gasteiger partial charge in [-0.3, -0.25) is 0 Å². The zero-order valence-electron chi connectivity index (χ0n) is 15.8. The summed E-state index contributed by atoms with van der Waals surface area (Å²) in [5.41, 5.74) is 5.77. The van der Waals surface area contributed by atoms with Crippen LogP contribution in [0.4, 0.5) is 0 Å². The summed E-state index contributed by atoms with van der Waals surface area (Å²) in [6.45, 7) is 6.62. The molecule has 4 aliphatic carbocycles. The van der Waals surface area contributed by atoms with Crippen molar-refractivity contribution in [2.24, 2.45) is 40.2 Å². The molecule has 3 heteroatoms. The minimum Gasteiger partial charge on any atom is -0.390 e. The van der Waals surface area contributed by atoms with Crippen molar-refractivity contribution >= 4 is 0 Å². The lowest BCUT2D eigenvalue weighted by Crippen LogP contribution is -2.59. The Labute approximate surface area is 147 Å². The topological polar surface area (TPSA) is 66.5 Å². The van der Waals surface area contributed by atoms with Gasteiger partial charge in [-0.2, -0.15) is 0 Å². The van der Waals surface area contributed by atoms with E-state index in [9.17, 15) is 10.2 Å². The number of aliphatic hydroxyl groups is 2. The molecule has 24 heavy (non-hydrogen) atoms. The summed E-state index contributed by atoms with van der Waals surface area (Å²) < 4.78 is 0. The van der Waals surface area contributed by atoms with Crippen LogP contribution in [-0.2, 0) is 0 Å². The molecular weight excluding hydrogens is 298 g/mol. The van der Waals surface area contributed by atoms with E-state index < -0.39 is 11.7 Å². The van der Waals surface area contributed by atoms with Gasteiger partial charge < -0.3 is 15.9 Å². The van der Waals surface area contributed by atoms with E-state index in [2.05, 4.69) is 13.8 Å². The van der Waals surface area contributed by atoms with Crippen molar-refractivity contribution in [3.05, 3.63) is 0 Å². The van der Waals surface area contributed by atoms with E-state index in [-0.39, 0.29) is 5.41 Å². The van der Waals surface area contributed by atoms with Crippen molar-refractivity contribution < 1.29 is 10.2 Å². The van der Waals surface area contributed by atoms with Crippen LogP contribution in [0.25, 0.3) is 0 Å². The molecule has 0 aromatic rings.